The topological polar surface area (TPSA) is 46.5 Å². The molecule has 160 valence electrons. The fourth-order valence-corrected chi connectivity index (χ4v) is 2.94. The Kier molecular flexibility index (Phi) is 6.74. The Hall–Kier alpha value is -3.61. The number of alkyl halides is 3. The molecular weight excluding hydrogens is 412 g/mol. The van der Waals surface area contributed by atoms with Crippen LogP contribution in [0.4, 0.5) is 17.6 Å². The van der Waals surface area contributed by atoms with E-state index in [2.05, 4.69) is 0 Å². The summed E-state index contributed by atoms with van der Waals surface area (Å²) in [6.07, 6.45) is -1.29. The molecule has 0 aromatic heterocycles. The molecule has 3 aromatic carbocycles. The molecule has 0 radical (unpaired) electrons. The first-order chi connectivity index (χ1) is 14.7. The largest absolute Gasteiger partial charge is 0.490 e. The normalized spacial score (nSPS) is 11.6. The van der Waals surface area contributed by atoms with E-state index in [1.807, 2.05) is 0 Å². The van der Waals surface area contributed by atoms with Crippen molar-refractivity contribution in [3.63, 3.8) is 0 Å². The third kappa shape index (κ3) is 6.18. The van der Waals surface area contributed by atoms with Crippen molar-refractivity contribution >= 4 is 12.0 Å². The fraction of sp³-hybridized carbons (Fsp3) is 0.125. The lowest BCUT2D eigenvalue weighted by Gasteiger charge is -2.09. The molecule has 31 heavy (non-hydrogen) atoms. The highest BCUT2D eigenvalue weighted by Crippen LogP contribution is 2.29. The van der Waals surface area contributed by atoms with E-state index in [-0.39, 0.29) is 18.6 Å². The summed E-state index contributed by atoms with van der Waals surface area (Å²) in [6, 6.07) is 15.6. The van der Waals surface area contributed by atoms with E-state index in [1.54, 1.807) is 36.4 Å². The van der Waals surface area contributed by atoms with E-state index < -0.39 is 23.5 Å². The third-order valence-corrected chi connectivity index (χ3v) is 4.43. The standard InChI is InChI=1S/C24H18F4O3/c25-22-11-8-17(14-23(29)30)13-21(22)18-4-1-5-20(15-18)31-12-2-3-16-6-9-19(10-7-16)24(26,27)28/h1-11,13,15H,12,14H2,(H,29,30). The van der Waals surface area contributed by atoms with E-state index in [0.29, 0.717) is 22.4 Å². The molecule has 0 aliphatic carbocycles. The van der Waals surface area contributed by atoms with Crippen LogP contribution in [0.1, 0.15) is 16.7 Å². The Morgan fingerprint density at radius 2 is 1.74 bits per heavy atom. The van der Waals surface area contributed by atoms with E-state index in [9.17, 15) is 22.4 Å². The molecule has 0 heterocycles. The second-order valence-electron chi connectivity index (χ2n) is 6.75. The number of carboxylic acid groups (broad SMARTS) is 1. The lowest BCUT2D eigenvalue weighted by Crippen LogP contribution is -2.03. The van der Waals surface area contributed by atoms with Crippen molar-refractivity contribution in [2.24, 2.45) is 0 Å². The number of halogens is 4. The SMILES string of the molecule is O=C(O)Cc1ccc(F)c(-c2cccc(OCC=Cc3ccc(C(F)(F)F)cc3)c2)c1. The summed E-state index contributed by atoms with van der Waals surface area (Å²) in [6.45, 7) is 0.159. The molecule has 1 N–H and O–H groups in total. The summed E-state index contributed by atoms with van der Waals surface area (Å²) in [4.78, 5) is 10.9. The molecule has 3 rings (SSSR count). The highest BCUT2D eigenvalue weighted by molar-refractivity contribution is 5.72. The average molecular weight is 430 g/mol. The smallest absolute Gasteiger partial charge is 0.416 e. The van der Waals surface area contributed by atoms with Gasteiger partial charge in [0, 0.05) is 5.56 Å². The number of hydrogen-bond donors (Lipinski definition) is 1. The zero-order valence-corrected chi connectivity index (χ0v) is 16.2. The second-order valence-corrected chi connectivity index (χ2v) is 6.75. The van der Waals surface area contributed by atoms with Gasteiger partial charge in [0.05, 0.1) is 12.0 Å². The first-order valence-electron chi connectivity index (χ1n) is 9.29. The maximum Gasteiger partial charge on any atom is 0.416 e. The molecule has 3 nitrogen and oxygen atoms in total. The maximum atomic E-state index is 14.3. The molecule has 0 atom stereocenters. The van der Waals surface area contributed by atoms with Crippen LogP contribution >= 0.6 is 0 Å². The van der Waals surface area contributed by atoms with Gasteiger partial charge in [-0.2, -0.15) is 13.2 Å². The Bertz CT molecular complexity index is 1090. The van der Waals surface area contributed by atoms with Crippen LogP contribution in [0.3, 0.4) is 0 Å². The minimum atomic E-state index is -4.37. The summed E-state index contributed by atoms with van der Waals surface area (Å²) in [5.74, 6) is -1.01. The monoisotopic (exact) mass is 430 g/mol. The summed E-state index contributed by atoms with van der Waals surface area (Å²) < 4.78 is 57.6. The first-order valence-corrected chi connectivity index (χ1v) is 9.29. The van der Waals surface area contributed by atoms with Gasteiger partial charge in [0.1, 0.15) is 18.2 Å². The van der Waals surface area contributed by atoms with Gasteiger partial charge in [-0.3, -0.25) is 4.79 Å². The summed E-state index contributed by atoms with van der Waals surface area (Å²) in [5.41, 5.74) is 1.17. The fourth-order valence-electron chi connectivity index (χ4n) is 2.94. The zero-order chi connectivity index (χ0) is 22.4. The van der Waals surface area contributed by atoms with Crippen molar-refractivity contribution < 1.29 is 32.2 Å². The Labute approximate surface area is 176 Å². The molecule has 0 bridgehead atoms. The molecule has 0 saturated carbocycles. The maximum absolute atomic E-state index is 14.3. The van der Waals surface area contributed by atoms with Crippen LogP contribution in [0.5, 0.6) is 5.75 Å². The number of carbonyl (C=O) groups is 1. The summed E-state index contributed by atoms with van der Waals surface area (Å²) >= 11 is 0. The molecule has 0 spiro atoms. The number of aliphatic carboxylic acids is 1. The van der Waals surface area contributed by atoms with Crippen LogP contribution < -0.4 is 4.74 Å². The highest BCUT2D eigenvalue weighted by Gasteiger charge is 2.29. The van der Waals surface area contributed by atoms with Gasteiger partial charge in [0.15, 0.2) is 0 Å². The first kappa shape index (κ1) is 22.1. The third-order valence-electron chi connectivity index (χ3n) is 4.43. The predicted molar refractivity (Wildman–Crippen MR) is 109 cm³/mol. The Morgan fingerprint density at radius 3 is 2.42 bits per heavy atom. The second kappa shape index (κ2) is 9.47. The van der Waals surface area contributed by atoms with Crippen molar-refractivity contribution in [1.82, 2.24) is 0 Å². The molecular formula is C24H18F4O3. The zero-order valence-electron chi connectivity index (χ0n) is 16.2. The quantitative estimate of drug-likeness (QED) is 0.452. The number of ether oxygens (including phenoxy) is 1. The predicted octanol–water partition coefficient (Wildman–Crippen LogP) is 6.23. The molecule has 7 heteroatoms. The van der Waals surface area contributed by atoms with Crippen LogP contribution in [0.25, 0.3) is 17.2 Å². The van der Waals surface area contributed by atoms with Crippen molar-refractivity contribution in [3.8, 4) is 16.9 Å². The van der Waals surface area contributed by atoms with Crippen LogP contribution in [0, 0.1) is 5.82 Å². The summed E-state index contributed by atoms with van der Waals surface area (Å²) in [5, 5.41) is 8.92. The van der Waals surface area contributed by atoms with Crippen LogP contribution in [0.15, 0.2) is 72.8 Å². The van der Waals surface area contributed by atoms with Gasteiger partial charge in [-0.25, -0.2) is 4.39 Å². The lowest BCUT2D eigenvalue weighted by atomic mass is 10.0. The van der Waals surface area contributed by atoms with Gasteiger partial charge >= 0.3 is 12.1 Å². The van der Waals surface area contributed by atoms with Gasteiger partial charge in [-0.1, -0.05) is 36.4 Å². The Morgan fingerprint density at radius 1 is 1.00 bits per heavy atom. The molecule has 3 aromatic rings. The molecule has 0 unspecified atom stereocenters. The molecule has 0 amide bonds. The van der Waals surface area contributed by atoms with E-state index in [4.69, 9.17) is 9.84 Å². The number of rotatable bonds is 7. The van der Waals surface area contributed by atoms with Crippen molar-refractivity contribution in [3.05, 3.63) is 95.3 Å². The van der Waals surface area contributed by atoms with Crippen LogP contribution in [-0.2, 0) is 17.4 Å². The van der Waals surface area contributed by atoms with Crippen LogP contribution in [-0.4, -0.2) is 17.7 Å². The van der Waals surface area contributed by atoms with Gasteiger partial charge in [-0.15, -0.1) is 0 Å². The lowest BCUT2D eigenvalue weighted by molar-refractivity contribution is -0.138. The van der Waals surface area contributed by atoms with E-state index in [0.717, 1.165) is 12.1 Å². The number of hydrogen-bond acceptors (Lipinski definition) is 2. The van der Waals surface area contributed by atoms with Gasteiger partial charge < -0.3 is 9.84 Å². The number of benzene rings is 3. The van der Waals surface area contributed by atoms with Gasteiger partial charge in [-0.05, 0) is 59.2 Å². The van der Waals surface area contributed by atoms with Gasteiger partial charge in [0.2, 0.25) is 0 Å². The highest BCUT2D eigenvalue weighted by atomic mass is 19.4. The minimum Gasteiger partial charge on any atom is -0.490 e. The van der Waals surface area contributed by atoms with Crippen molar-refractivity contribution in [2.75, 3.05) is 6.61 Å². The minimum absolute atomic E-state index is 0.159. The molecule has 0 aliphatic heterocycles. The summed E-state index contributed by atoms with van der Waals surface area (Å²) in [7, 11) is 0. The molecule has 0 aliphatic rings. The molecule has 0 saturated heterocycles. The van der Waals surface area contributed by atoms with Gasteiger partial charge in [0.25, 0.3) is 0 Å². The van der Waals surface area contributed by atoms with Crippen LogP contribution in [0.2, 0.25) is 0 Å². The van der Waals surface area contributed by atoms with E-state index >= 15 is 0 Å². The molecule has 0 fully saturated rings. The Balaban J connectivity index is 1.66. The average Bonchev–Trinajstić information content (AvgIpc) is 2.72. The van der Waals surface area contributed by atoms with E-state index in [1.165, 1.54) is 30.3 Å². The van der Waals surface area contributed by atoms with Crippen molar-refractivity contribution in [1.29, 1.82) is 0 Å². The number of carboxylic acids is 1. The van der Waals surface area contributed by atoms with Crippen molar-refractivity contribution in [2.45, 2.75) is 12.6 Å².